The van der Waals surface area contributed by atoms with Gasteiger partial charge in [-0.1, -0.05) is 44.2 Å². The van der Waals surface area contributed by atoms with Crippen LogP contribution in [0.25, 0.3) is 0 Å². The van der Waals surface area contributed by atoms with Crippen molar-refractivity contribution in [3.63, 3.8) is 0 Å². The Kier molecular flexibility index (Phi) is 5.31. The number of benzene rings is 1. The number of rotatable bonds is 5. The first-order chi connectivity index (χ1) is 11.5. The average Bonchev–Trinajstić information content (AvgIpc) is 2.84. The van der Waals surface area contributed by atoms with Crippen LogP contribution >= 0.6 is 0 Å². The van der Waals surface area contributed by atoms with Crippen molar-refractivity contribution in [1.82, 2.24) is 14.7 Å². The first-order valence-electron chi connectivity index (χ1n) is 8.89. The molecule has 0 spiro atoms. The molecule has 0 aromatic heterocycles. The lowest BCUT2D eigenvalue weighted by molar-refractivity contribution is -0.140. The molecule has 0 unspecified atom stereocenters. The average molecular weight is 329 g/mol. The molecular weight excluding hydrogens is 302 g/mol. The number of likely N-dealkylation sites (tertiary alicyclic amines) is 1. The number of piperazine rings is 1. The molecule has 1 atom stereocenters. The van der Waals surface area contributed by atoms with Crippen molar-refractivity contribution in [3.8, 4) is 0 Å². The van der Waals surface area contributed by atoms with E-state index in [1.165, 1.54) is 10.5 Å². The van der Waals surface area contributed by atoms with E-state index in [1.807, 2.05) is 19.9 Å². The van der Waals surface area contributed by atoms with Crippen molar-refractivity contribution in [3.05, 3.63) is 35.9 Å². The van der Waals surface area contributed by atoms with Crippen LogP contribution in [0.5, 0.6) is 0 Å². The molecule has 1 aromatic rings. The van der Waals surface area contributed by atoms with Crippen molar-refractivity contribution < 1.29 is 9.59 Å². The molecule has 2 saturated heterocycles. The zero-order chi connectivity index (χ0) is 17.1. The smallest absolute Gasteiger partial charge is 0.247 e. The van der Waals surface area contributed by atoms with Crippen LogP contribution in [-0.4, -0.2) is 65.3 Å². The number of hydrogen-bond donors (Lipinski definition) is 0. The molecule has 2 amide bonds. The van der Waals surface area contributed by atoms with E-state index in [1.54, 1.807) is 0 Å². The summed E-state index contributed by atoms with van der Waals surface area (Å²) in [4.78, 5) is 30.8. The number of amides is 2. The molecule has 0 aliphatic carbocycles. The lowest BCUT2D eigenvalue weighted by atomic mass is 10.1. The maximum absolute atomic E-state index is 12.6. The fourth-order valence-corrected chi connectivity index (χ4v) is 3.58. The summed E-state index contributed by atoms with van der Waals surface area (Å²) in [5, 5.41) is 0. The molecule has 0 N–H and O–H groups in total. The van der Waals surface area contributed by atoms with Gasteiger partial charge in [-0.05, 0) is 11.5 Å². The molecule has 130 valence electrons. The first kappa shape index (κ1) is 17.1. The van der Waals surface area contributed by atoms with Gasteiger partial charge in [-0.2, -0.15) is 0 Å². The van der Waals surface area contributed by atoms with Gasteiger partial charge in [0, 0.05) is 39.3 Å². The van der Waals surface area contributed by atoms with Gasteiger partial charge in [-0.3, -0.25) is 24.3 Å². The van der Waals surface area contributed by atoms with E-state index in [0.29, 0.717) is 18.9 Å². The van der Waals surface area contributed by atoms with Crippen LogP contribution in [0.3, 0.4) is 0 Å². The third-order valence-corrected chi connectivity index (χ3v) is 4.86. The Hall–Kier alpha value is -1.72. The normalized spacial score (nSPS) is 23.5. The molecule has 2 heterocycles. The van der Waals surface area contributed by atoms with Crippen molar-refractivity contribution in [2.24, 2.45) is 5.92 Å². The monoisotopic (exact) mass is 329 g/mol. The molecule has 0 saturated carbocycles. The summed E-state index contributed by atoms with van der Waals surface area (Å²) in [7, 11) is 0. The van der Waals surface area contributed by atoms with Crippen LogP contribution in [0.4, 0.5) is 0 Å². The topological polar surface area (TPSA) is 43.9 Å². The molecule has 1 aromatic carbocycles. The highest BCUT2D eigenvalue weighted by Gasteiger charge is 2.42. The van der Waals surface area contributed by atoms with Gasteiger partial charge in [0.05, 0.1) is 12.5 Å². The number of carbonyl (C=O) groups is 2. The SMILES string of the molecule is CC(C)CN1C(=O)C[C@@H](N2CCN(Cc3ccccc3)CC2)C1=O. The lowest BCUT2D eigenvalue weighted by Crippen LogP contribution is -2.52. The number of nitrogens with zero attached hydrogens (tertiary/aromatic N) is 3. The van der Waals surface area contributed by atoms with E-state index < -0.39 is 0 Å². The Bertz CT molecular complexity index is 580. The van der Waals surface area contributed by atoms with Crippen molar-refractivity contribution >= 4 is 11.8 Å². The first-order valence-corrected chi connectivity index (χ1v) is 8.89. The van der Waals surface area contributed by atoms with Gasteiger partial charge in [0.25, 0.3) is 0 Å². The Labute approximate surface area is 144 Å². The van der Waals surface area contributed by atoms with Crippen LogP contribution < -0.4 is 0 Å². The van der Waals surface area contributed by atoms with Gasteiger partial charge in [0.1, 0.15) is 0 Å². The van der Waals surface area contributed by atoms with Gasteiger partial charge in [0.15, 0.2) is 0 Å². The fraction of sp³-hybridized carbons (Fsp3) is 0.579. The van der Waals surface area contributed by atoms with Crippen LogP contribution in [-0.2, 0) is 16.1 Å². The predicted octanol–water partition coefficient (Wildman–Crippen LogP) is 1.59. The molecule has 2 aliphatic heterocycles. The second-order valence-corrected chi connectivity index (χ2v) is 7.25. The molecule has 5 heteroatoms. The van der Waals surface area contributed by atoms with Crippen molar-refractivity contribution in [2.45, 2.75) is 32.9 Å². The number of hydrogen-bond acceptors (Lipinski definition) is 4. The van der Waals surface area contributed by atoms with Gasteiger partial charge in [0.2, 0.25) is 11.8 Å². The second kappa shape index (κ2) is 7.45. The fourth-order valence-electron chi connectivity index (χ4n) is 3.58. The minimum Gasteiger partial charge on any atom is -0.297 e. The molecule has 0 radical (unpaired) electrons. The number of imide groups is 1. The largest absolute Gasteiger partial charge is 0.297 e. The van der Waals surface area contributed by atoms with Crippen LogP contribution in [0.2, 0.25) is 0 Å². The quantitative estimate of drug-likeness (QED) is 0.770. The molecule has 2 fully saturated rings. The van der Waals surface area contributed by atoms with E-state index in [4.69, 9.17) is 0 Å². The second-order valence-electron chi connectivity index (χ2n) is 7.25. The van der Waals surface area contributed by atoms with Gasteiger partial charge in [-0.25, -0.2) is 0 Å². The summed E-state index contributed by atoms with van der Waals surface area (Å²) in [5.41, 5.74) is 1.32. The summed E-state index contributed by atoms with van der Waals surface area (Å²) < 4.78 is 0. The standard InChI is InChI=1S/C19H27N3O2/c1-15(2)13-22-18(23)12-17(19(22)24)21-10-8-20(9-11-21)14-16-6-4-3-5-7-16/h3-7,15,17H,8-14H2,1-2H3/t17-/m1/s1. The van der Waals surface area contributed by atoms with Gasteiger partial charge < -0.3 is 0 Å². The maximum atomic E-state index is 12.6. The minimum absolute atomic E-state index is 0.00482. The highest BCUT2D eigenvalue weighted by Crippen LogP contribution is 2.21. The van der Waals surface area contributed by atoms with Gasteiger partial charge in [-0.15, -0.1) is 0 Å². The van der Waals surface area contributed by atoms with E-state index in [9.17, 15) is 9.59 Å². The van der Waals surface area contributed by atoms with E-state index >= 15 is 0 Å². The summed E-state index contributed by atoms with van der Waals surface area (Å²) in [6.45, 7) is 9.16. The predicted molar refractivity (Wildman–Crippen MR) is 93.3 cm³/mol. The van der Waals surface area contributed by atoms with Crippen molar-refractivity contribution in [1.29, 1.82) is 0 Å². The summed E-state index contributed by atoms with van der Waals surface area (Å²) >= 11 is 0. The zero-order valence-electron chi connectivity index (χ0n) is 14.6. The van der Waals surface area contributed by atoms with Gasteiger partial charge >= 0.3 is 0 Å². The van der Waals surface area contributed by atoms with Crippen LogP contribution in [0.15, 0.2) is 30.3 Å². The summed E-state index contributed by atoms with van der Waals surface area (Å²) in [5.74, 6) is 0.315. The maximum Gasteiger partial charge on any atom is 0.247 e. The molecule has 5 nitrogen and oxygen atoms in total. The molecule has 0 bridgehead atoms. The Balaban J connectivity index is 1.53. The van der Waals surface area contributed by atoms with E-state index in [-0.39, 0.29) is 17.9 Å². The van der Waals surface area contributed by atoms with Crippen LogP contribution in [0, 0.1) is 5.92 Å². The van der Waals surface area contributed by atoms with E-state index in [0.717, 1.165) is 32.7 Å². The van der Waals surface area contributed by atoms with E-state index in [2.05, 4.69) is 34.1 Å². The molecule has 2 aliphatic rings. The van der Waals surface area contributed by atoms with Crippen molar-refractivity contribution in [2.75, 3.05) is 32.7 Å². The summed E-state index contributed by atoms with van der Waals surface area (Å²) in [6, 6.07) is 10.2. The summed E-state index contributed by atoms with van der Waals surface area (Å²) in [6.07, 6.45) is 0.351. The third kappa shape index (κ3) is 3.84. The molecular formula is C19H27N3O2. The Morgan fingerprint density at radius 3 is 2.33 bits per heavy atom. The van der Waals surface area contributed by atoms with Crippen LogP contribution in [0.1, 0.15) is 25.8 Å². The lowest BCUT2D eigenvalue weighted by Gasteiger charge is -2.37. The molecule has 3 rings (SSSR count). The number of carbonyl (C=O) groups excluding carboxylic acids is 2. The highest BCUT2D eigenvalue weighted by molar-refractivity contribution is 6.05. The Morgan fingerprint density at radius 1 is 1.04 bits per heavy atom. The highest BCUT2D eigenvalue weighted by atomic mass is 16.2. The molecule has 24 heavy (non-hydrogen) atoms. The zero-order valence-corrected chi connectivity index (χ0v) is 14.6. The third-order valence-electron chi connectivity index (χ3n) is 4.86. The minimum atomic E-state index is -0.241. The Morgan fingerprint density at radius 2 is 1.71 bits per heavy atom.